The van der Waals surface area contributed by atoms with Gasteiger partial charge in [-0.05, 0) is 43.7 Å². The zero-order chi connectivity index (χ0) is 14.6. The van der Waals surface area contributed by atoms with Crippen LogP contribution in [0.4, 0.5) is 0 Å². The van der Waals surface area contributed by atoms with Crippen LogP contribution in [0.2, 0.25) is 0 Å². The lowest BCUT2D eigenvalue weighted by Gasteiger charge is -2.24. The highest BCUT2D eigenvalue weighted by Gasteiger charge is 2.37. The Bertz CT molecular complexity index is 533. The maximum absolute atomic E-state index is 12.2. The van der Waals surface area contributed by atoms with Crippen molar-refractivity contribution in [3.05, 3.63) is 29.8 Å². The maximum Gasteiger partial charge on any atom is 0.262 e. The van der Waals surface area contributed by atoms with Crippen LogP contribution in [-0.4, -0.2) is 29.1 Å². The topological polar surface area (TPSA) is 62.1 Å². The summed E-state index contributed by atoms with van der Waals surface area (Å²) in [6, 6.07) is 9.79. The van der Waals surface area contributed by atoms with Crippen LogP contribution in [0.25, 0.3) is 0 Å². The first-order chi connectivity index (χ1) is 9.54. The van der Waals surface area contributed by atoms with Crippen molar-refractivity contribution in [1.82, 2.24) is 5.32 Å². The van der Waals surface area contributed by atoms with Crippen molar-refractivity contribution in [2.75, 3.05) is 11.5 Å². The molecule has 0 saturated carbocycles. The molecule has 1 N–H and O–H groups in total. The van der Waals surface area contributed by atoms with Gasteiger partial charge in [0.1, 0.15) is 11.3 Å². The van der Waals surface area contributed by atoms with E-state index in [0.717, 1.165) is 11.3 Å². The van der Waals surface area contributed by atoms with E-state index in [1.807, 2.05) is 31.2 Å². The van der Waals surface area contributed by atoms with Crippen molar-refractivity contribution in [2.45, 2.75) is 31.9 Å². The first kappa shape index (κ1) is 14.7. The zero-order valence-electron chi connectivity index (χ0n) is 11.7. The zero-order valence-corrected chi connectivity index (χ0v) is 12.5. The minimum atomic E-state index is -0.730. The number of thioether (sulfide) groups is 1. The Hall–Kier alpha value is -1.67. The Morgan fingerprint density at radius 2 is 2.40 bits per heavy atom. The number of aryl methyl sites for hydroxylation is 1. The van der Waals surface area contributed by atoms with Gasteiger partial charge in [0.2, 0.25) is 0 Å². The van der Waals surface area contributed by atoms with E-state index in [1.54, 1.807) is 18.7 Å². The number of carbonyl (C=O) groups excluding carboxylic acids is 1. The van der Waals surface area contributed by atoms with Gasteiger partial charge in [0.25, 0.3) is 5.91 Å². The summed E-state index contributed by atoms with van der Waals surface area (Å²) >= 11 is 1.69. The van der Waals surface area contributed by atoms with Gasteiger partial charge in [-0.15, -0.1) is 0 Å². The average molecular weight is 290 g/mol. The molecule has 1 aliphatic rings. The lowest BCUT2D eigenvalue weighted by molar-refractivity contribution is -0.128. The second-order valence-corrected chi connectivity index (χ2v) is 6.17. The molecule has 1 aromatic carbocycles. The predicted octanol–water partition coefficient (Wildman–Crippen LogP) is 2.28. The Labute approximate surface area is 123 Å². The molecule has 4 nitrogen and oxygen atoms in total. The van der Waals surface area contributed by atoms with Crippen LogP contribution in [0.5, 0.6) is 5.75 Å². The fourth-order valence-electron chi connectivity index (χ4n) is 2.06. The fraction of sp³-hybridized carbons (Fsp3) is 0.467. The molecule has 0 radical (unpaired) electrons. The molecular formula is C15H18N2O2S. The van der Waals surface area contributed by atoms with Crippen LogP contribution in [-0.2, 0) is 4.79 Å². The number of benzene rings is 1. The number of nitrogens with one attached hydrogen (secondary N) is 1. The van der Waals surface area contributed by atoms with Crippen LogP contribution in [0, 0.1) is 18.3 Å². The second kappa shape index (κ2) is 6.19. The van der Waals surface area contributed by atoms with Crippen molar-refractivity contribution in [2.24, 2.45) is 0 Å². The molecule has 0 aromatic heterocycles. The number of amides is 1. The number of rotatable bonds is 4. The molecule has 0 aliphatic carbocycles. The molecule has 1 heterocycles. The molecule has 2 atom stereocenters. The van der Waals surface area contributed by atoms with Gasteiger partial charge in [0, 0.05) is 5.75 Å². The Balaban J connectivity index is 1.97. The smallest absolute Gasteiger partial charge is 0.262 e. The van der Waals surface area contributed by atoms with Crippen LogP contribution >= 0.6 is 11.8 Å². The molecular weight excluding hydrogens is 272 g/mol. The van der Waals surface area contributed by atoms with E-state index in [1.165, 1.54) is 0 Å². The summed E-state index contributed by atoms with van der Waals surface area (Å²) in [5.41, 5.74) is 0.349. The molecule has 106 valence electrons. The van der Waals surface area contributed by atoms with Crippen molar-refractivity contribution in [3.8, 4) is 11.8 Å². The van der Waals surface area contributed by atoms with E-state index in [0.29, 0.717) is 17.9 Å². The maximum atomic E-state index is 12.2. The number of nitrogens with zero attached hydrogens (tertiary/aromatic N) is 1. The normalized spacial score (nSPS) is 22.9. The molecule has 20 heavy (non-hydrogen) atoms. The van der Waals surface area contributed by atoms with E-state index in [2.05, 4.69) is 11.4 Å². The van der Waals surface area contributed by atoms with E-state index in [-0.39, 0.29) is 5.91 Å². The largest absolute Gasteiger partial charge is 0.481 e. The van der Waals surface area contributed by atoms with Crippen molar-refractivity contribution in [3.63, 3.8) is 0 Å². The second-order valence-electron chi connectivity index (χ2n) is 5.06. The van der Waals surface area contributed by atoms with Crippen LogP contribution < -0.4 is 10.1 Å². The third-order valence-electron chi connectivity index (χ3n) is 3.27. The van der Waals surface area contributed by atoms with Gasteiger partial charge < -0.3 is 10.1 Å². The summed E-state index contributed by atoms with van der Waals surface area (Å²) in [6.45, 7) is 3.67. The Morgan fingerprint density at radius 1 is 1.60 bits per heavy atom. The Kier molecular flexibility index (Phi) is 4.56. The van der Waals surface area contributed by atoms with Gasteiger partial charge in [0.05, 0.1) is 6.07 Å². The van der Waals surface area contributed by atoms with E-state index in [9.17, 15) is 10.1 Å². The number of hydrogen-bond donors (Lipinski definition) is 1. The molecule has 1 saturated heterocycles. The molecule has 1 amide bonds. The van der Waals surface area contributed by atoms with Crippen molar-refractivity contribution >= 4 is 17.7 Å². The van der Waals surface area contributed by atoms with Crippen LogP contribution in [0.15, 0.2) is 24.3 Å². The average Bonchev–Trinajstić information content (AvgIpc) is 2.88. The fourth-order valence-corrected chi connectivity index (χ4v) is 3.33. The number of nitriles is 1. The van der Waals surface area contributed by atoms with Crippen LogP contribution in [0.3, 0.4) is 0 Å². The first-order valence-electron chi connectivity index (χ1n) is 6.59. The lowest BCUT2D eigenvalue weighted by atomic mass is 10.0. The molecule has 1 aliphatic heterocycles. The lowest BCUT2D eigenvalue weighted by Crippen LogP contribution is -2.51. The van der Waals surface area contributed by atoms with Gasteiger partial charge >= 0.3 is 0 Å². The van der Waals surface area contributed by atoms with Gasteiger partial charge in [0.15, 0.2) is 6.10 Å². The molecule has 5 heteroatoms. The van der Waals surface area contributed by atoms with Gasteiger partial charge in [-0.2, -0.15) is 17.0 Å². The predicted molar refractivity (Wildman–Crippen MR) is 79.7 cm³/mol. The molecule has 2 rings (SSSR count). The standard InChI is InChI=1S/C15H18N2O2S/c1-11-4-3-5-13(8-11)19-12(2)14(18)17-15(9-16)6-7-20-10-15/h3-5,8,12H,6-7,10H2,1-2H3,(H,17,18). The van der Waals surface area contributed by atoms with Crippen molar-refractivity contribution in [1.29, 1.82) is 5.26 Å². The van der Waals surface area contributed by atoms with E-state index >= 15 is 0 Å². The summed E-state index contributed by atoms with van der Waals surface area (Å²) in [6.07, 6.45) is 0.0736. The van der Waals surface area contributed by atoms with E-state index < -0.39 is 11.6 Å². The molecule has 1 aromatic rings. The SMILES string of the molecule is Cc1cccc(OC(C)C(=O)NC2(C#N)CCSC2)c1. The number of ether oxygens (including phenoxy) is 1. The highest BCUT2D eigenvalue weighted by atomic mass is 32.2. The monoisotopic (exact) mass is 290 g/mol. The summed E-state index contributed by atoms with van der Waals surface area (Å²) < 4.78 is 5.63. The minimum absolute atomic E-state index is 0.240. The summed E-state index contributed by atoms with van der Waals surface area (Å²) in [7, 11) is 0. The third kappa shape index (κ3) is 3.45. The summed E-state index contributed by atoms with van der Waals surface area (Å²) in [5, 5.41) is 12.1. The van der Waals surface area contributed by atoms with Gasteiger partial charge in [-0.1, -0.05) is 12.1 Å². The molecule has 0 spiro atoms. The van der Waals surface area contributed by atoms with Gasteiger partial charge in [-0.3, -0.25) is 4.79 Å². The van der Waals surface area contributed by atoms with E-state index in [4.69, 9.17) is 4.74 Å². The quantitative estimate of drug-likeness (QED) is 0.924. The van der Waals surface area contributed by atoms with Crippen LogP contribution in [0.1, 0.15) is 18.9 Å². The summed E-state index contributed by atoms with van der Waals surface area (Å²) in [4.78, 5) is 12.2. The van der Waals surface area contributed by atoms with Gasteiger partial charge in [-0.25, -0.2) is 0 Å². The number of carbonyl (C=O) groups is 1. The highest BCUT2D eigenvalue weighted by molar-refractivity contribution is 7.99. The van der Waals surface area contributed by atoms with Crippen molar-refractivity contribution < 1.29 is 9.53 Å². The molecule has 1 fully saturated rings. The Morgan fingerprint density at radius 3 is 3.00 bits per heavy atom. The summed E-state index contributed by atoms with van der Waals surface area (Å²) in [5.74, 6) is 1.97. The molecule has 2 unspecified atom stereocenters. The molecule has 0 bridgehead atoms. The number of hydrogen-bond acceptors (Lipinski definition) is 4. The first-order valence-corrected chi connectivity index (χ1v) is 7.74. The third-order valence-corrected chi connectivity index (χ3v) is 4.46. The highest BCUT2D eigenvalue weighted by Crippen LogP contribution is 2.27. The minimum Gasteiger partial charge on any atom is -0.481 e.